The topological polar surface area (TPSA) is 26.7 Å². The molecule has 4 heteroatoms. The molecule has 1 heterocycles. The van der Waals surface area contributed by atoms with Gasteiger partial charge in [-0.25, -0.2) is 0 Å². The third-order valence-corrected chi connectivity index (χ3v) is 2.86. The van der Waals surface area contributed by atoms with Gasteiger partial charge in [0, 0.05) is 18.7 Å². The van der Waals surface area contributed by atoms with Crippen LogP contribution in [0.5, 0.6) is 0 Å². The van der Waals surface area contributed by atoms with Crippen LogP contribution in [0.4, 0.5) is 0 Å². The highest BCUT2D eigenvalue weighted by Gasteiger charge is 2.13. The maximum Gasteiger partial charge on any atom is 0.134 e. The maximum absolute atomic E-state index is 9.90. The van der Waals surface area contributed by atoms with E-state index in [1.54, 1.807) is 11.3 Å². The Morgan fingerprint density at radius 2 is 2.07 bits per heavy atom. The highest BCUT2D eigenvalue weighted by atomic mass is 32.1. The Balaban J connectivity index is 2.41. The van der Waals surface area contributed by atoms with Crippen LogP contribution in [0.3, 0.4) is 0 Å². The van der Waals surface area contributed by atoms with E-state index >= 15 is 0 Å². The predicted octanol–water partition coefficient (Wildman–Crippen LogP) is 1.23. The molecule has 0 amide bonds. The lowest BCUT2D eigenvalue weighted by molar-refractivity contribution is 0.0178. The number of rotatable bonds is 5. The summed E-state index contributed by atoms with van der Waals surface area (Å²) in [5, 5.41) is 13.9. The number of hydrogen-bond acceptors (Lipinski definition) is 4. The quantitative estimate of drug-likeness (QED) is 0.747. The van der Waals surface area contributed by atoms with Gasteiger partial charge in [-0.05, 0) is 38.0 Å². The first-order chi connectivity index (χ1) is 6.61. The average Bonchev–Trinajstić information content (AvgIpc) is 2.65. The van der Waals surface area contributed by atoms with Gasteiger partial charge in [0.15, 0.2) is 0 Å². The molecule has 1 aromatic rings. The summed E-state index contributed by atoms with van der Waals surface area (Å²) in [6.07, 6.45) is -0.471. The maximum atomic E-state index is 9.90. The molecular formula is C10H18N2OS. The first kappa shape index (κ1) is 11.7. The van der Waals surface area contributed by atoms with Gasteiger partial charge in [-0.15, -0.1) is 0 Å². The van der Waals surface area contributed by atoms with Crippen molar-refractivity contribution in [2.75, 3.05) is 34.2 Å². The van der Waals surface area contributed by atoms with Crippen LogP contribution in [0, 0.1) is 0 Å². The molecule has 0 aliphatic rings. The first-order valence-corrected chi connectivity index (χ1v) is 5.60. The van der Waals surface area contributed by atoms with Crippen molar-refractivity contribution in [2.24, 2.45) is 0 Å². The standard InChI is InChI=1S/C10H18N2OS/c1-11(2)5-6-12(3)10(13)9-4-7-14-8-9/h4,7-8,10,13H,5-6H2,1-3H3. The van der Waals surface area contributed by atoms with Crippen LogP contribution in [-0.2, 0) is 0 Å². The number of nitrogens with zero attached hydrogens (tertiary/aromatic N) is 2. The SMILES string of the molecule is CN(C)CCN(C)C(O)c1ccsc1. The summed E-state index contributed by atoms with van der Waals surface area (Å²) in [7, 11) is 6.00. The van der Waals surface area contributed by atoms with E-state index < -0.39 is 6.23 Å². The van der Waals surface area contributed by atoms with Crippen molar-refractivity contribution in [1.29, 1.82) is 0 Å². The molecule has 0 aliphatic heterocycles. The molecule has 3 nitrogen and oxygen atoms in total. The molecule has 0 saturated heterocycles. The third-order valence-electron chi connectivity index (χ3n) is 2.16. The van der Waals surface area contributed by atoms with Crippen LogP contribution in [-0.4, -0.2) is 49.1 Å². The Hall–Kier alpha value is -0.420. The molecule has 14 heavy (non-hydrogen) atoms. The lowest BCUT2D eigenvalue weighted by atomic mass is 10.3. The highest BCUT2D eigenvalue weighted by molar-refractivity contribution is 7.07. The summed E-state index contributed by atoms with van der Waals surface area (Å²) < 4.78 is 0. The third kappa shape index (κ3) is 3.38. The van der Waals surface area contributed by atoms with Crippen molar-refractivity contribution < 1.29 is 5.11 Å². The van der Waals surface area contributed by atoms with Crippen LogP contribution in [0.25, 0.3) is 0 Å². The van der Waals surface area contributed by atoms with E-state index in [0.717, 1.165) is 18.7 Å². The second-order valence-electron chi connectivity index (χ2n) is 3.71. The molecule has 1 aromatic heterocycles. The molecule has 0 aromatic carbocycles. The molecule has 1 unspecified atom stereocenters. The summed E-state index contributed by atoms with van der Waals surface area (Å²) in [5.41, 5.74) is 0.983. The number of hydrogen-bond donors (Lipinski definition) is 1. The Bertz CT molecular complexity index is 249. The van der Waals surface area contributed by atoms with Crippen LogP contribution in [0.2, 0.25) is 0 Å². The summed E-state index contributed by atoms with van der Waals surface area (Å²) in [5.74, 6) is 0. The smallest absolute Gasteiger partial charge is 0.134 e. The van der Waals surface area contributed by atoms with Crippen molar-refractivity contribution in [3.63, 3.8) is 0 Å². The second-order valence-corrected chi connectivity index (χ2v) is 4.49. The van der Waals surface area contributed by atoms with Gasteiger partial charge in [0.05, 0.1) is 0 Å². The Morgan fingerprint density at radius 3 is 2.57 bits per heavy atom. The van der Waals surface area contributed by atoms with Crippen LogP contribution < -0.4 is 0 Å². The number of thiophene rings is 1. The summed E-state index contributed by atoms with van der Waals surface area (Å²) in [4.78, 5) is 4.05. The zero-order chi connectivity index (χ0) is 10.6. The van der Waals surface area contributed by atoms with E-state index in [4.69, 9.17) is 0 Å². The lowest BCUT2D eigenvalue weighted by Crippen LogP contribution is -2.31. The summed E-state index contributed by atoms with van der Waals surface area (Å²) >= 11 is 1.61. The predicted molar refractivity (Wildman–Crippen MR) is 60.5 cm³/mol. The average molecular weight is 214 g/mol. The molecule has 0 bridgehead atoms. The van der Waals surface area contributed by atoms with E-state index in [1.807, 2.05) is 42.9 Å². The Kier molecular flexibility index (Phi) is 4.54. The van der Waals surface area contributed by atoms with E-state index in [0.29, 0.717) is 0 Å². The first-order valence-electron chi connectivity index (χ1n) is 4.66. The Labute approximate surface area is 89.6 Å². The summed E-state index contributed by atoms with van der Waals surface area (Å²) in [6.45, 7) is 1.82. The van der Waals surface area contributed by atoms with Gasteiger partial charge in [0.1, 0.15) is 6.23 Å². The molecular weight excluding hydrogens is 196 g/mol. The monoisotopic (exact) mass is 214 g/mol. The second kappa shape index (κ2) is 5.46. The van der Waals surface area contributed by atoms with E-state index in [1.165, 1.54) is 0 Å². The van der Waals surface area contributed by atoms with Crippen LogP contribution >= 0.6 is 11.3 Å². The lowest BCUT2D eigenvalue weighted by Gasteiger charge is -2.24. The number of aliphatic hydroxyl groups excluding tert-OH is 1. The molecule has 1 N–H and O–H groups in total. The van der Waals surface area contributed by atoms with Gasteiger partial charge in [0.2, 0.25) is 0 Å². The van der Waals surface area contributed by atoms with Crippen LogP contribution in [0.1, 0.15) is 11.8 Å². The molecule has 0 saturated carbocycles. The molecule has 0 fully saturated rings. The van der Waals surface area contributed by atoms with Gasteiger partial charge in [-0.3, -0.25) is 4.90 Å². The summed E-state index contributed by atoms with van der Waals surface area (Å²) in [6, 6.07) is 1.96. The minimum absolute atomic E-state index is 0.471. The van der Waals surface area contributed by atoms with Crippen molar-refractivity contribution >= 4 is 11.3 Å². The van der Waals surface area contributed by atoms with Gasteiger partial charge in [-0.2, -0.15) is 11.3 Å². The zero-order valence-electron chi connectivity index (χ0n) is 8.97. The minimum Gasteiger partial charge on any atom is -0.374 e. The van der Waals surface area contributed by atoms with Gasteiger partial charge >= 0.3 is 0 Å². The fourth-order valence-electron chi connectivity index (χ4n) is 1.16. The van der Waals surface area contributed by atoms with Crippen molar-refractivity contribution in [3.05, 3.63) is 22.4 Å². The van der Waals surface area contributed by atoms with E-state index in [-0.39, 0.29) is 0 Å². The number of likely N-dealkylation sites (N-methyl/N-ethyl adjacent to an activating group) is 2. The molecule has 80 valence electrons. The molecule has 1 rings (SSSR count). The molecule has 0 aliphatic carbocycles. The van der Waals surface area contributed by atoms with Gasteiger partial charge in [-0.1, -0.05) is 0 Å². The molecule has 0 spiro atoms. The minimum atomic E-state index is -0.471. The zero-order valence-corrected chi connectivity index (χ0v) is 9.79. The van der Waals surface area contributed by atoms with Gasteiger partial charge < -0.3 is 10.0 Å². The van der Waals surface area contributed by atoms with Crippen molar-refractivity contribution in [2.45, 2.75) is 6.23 Å². The Morgan fingerprint density at radius 1 is 1.36 bits per heavy atom. The van der Waals surface area contributed by atoms with Crippen molar-refractivity contribution in [1.82, 2.24) is 9.80 Å². The van der Waals surface area contributed by atoms with Crippen LogP contribution in [0.15, 0.2) is 16.8 Å². The highest BCUT2D eigenvalue weighted by Crippen LogP contribution is 2.18. The fourth-order valence-corrected chi connectivity index (χ4v) is 1.83. The fraction of sp³-hybridized carbons (Fsp3) is 0.600. The van der Waals surface area contributed by atoms with E-state index in [9.17, 15) is 5.11 Å². The largest absolute Gasteiger partial charge is 0.374 e. The normalized spacial score (nSPS) is 13.9. The number of aliphatic hydroxyl groups is 1. The van der Waals surface area contributed by atoms with E-state index in [2.05, 4.69) is 4.90 Å². The molecule has 1 atom stereocenters. The molecule has 0 radical (unpaired) electrons. The van der Waals surface area contributed by atoms with Gasteiger partial charge in [0.25, 0.3) is 0 Å². The van der Waals surface area contributed by atoms with Crippen molar-refractivity contribution in [3.8, 4) is 0 Å².